The molecule has 0 aromatic carbocycles. The van der Waals surface area contributed by atoms with Crippen molar-refractivity contribution >= 4 is 0 Å². The molecule has 0 saturated heterocycles. The van der Waals surface area contributed by atoms with Crippen LogP contribution < -0.4 is 0 Å². The Morgan fingerprint density at radius 1 is 1.40 bits per heavy atom. The first-order chi connectivity index (χ1) is 4.83. The van der Waals surface area contributed by atoms with Crippen molar-refractivity contribution in [3.05, 3.63) is 12.7 Å². The van der Waals surface area contributed by atoms with Crippen LogP contribution in [0.3, 0.4) is 0 Å². The van der Waals surface area contributed by atoms with Gasteiger partial charge in [0, 0.05) is 13.2 Å². The van der Waals surface area contributed by atoms with Crippen molar-refractivity contribution in [1.82, 2.24) is 0 Å². The van der Waals surface area contributed by atoms with Gasteiger partial charge in [-0.15, -0.1) is 6.58 Å². The van der Waals surface area contributed by atoms with Gasteiger partial charge in [0.25, 0.3) is 0 Å². The molecule has 10 heavy (non-hydrogen) atoms. The summed E-state index contributed by atoms with van der Waals surface area (Å²) < 4.78 is 4.83. The molecule has 62 valence electrons. The first-order valence-corrected chi connectivity index (χ1v) is 3.28. The van der Waals surface area contributed by atoms with Crippen LogP contribution in [-0.4, -0.2) is 25.1 Å². The van der Waals surface area contributed by atoms with E-state index in [0.29, 0.717) is 0 Å². The SMILES string of the molecule is C=CCOO.CCOCC. The van der Waals surface area contributed by atoms with Crippen LogP contribution in [0.25, 0.3) is 0 Å². The minimum absolute atomic E-state index is 0.208. The van der Waals surface area contributed by atoms with Crippen molar-refractivity contribution in [3.63, 3.8) is 0 Å². The third kappa shape index (κ3) is 25.5. The monoisotopic (exact) mass is 148 g/mol. The lowest BCUT2D eigenvalue weighted by Crippen LogP contribution is -1.84. The van der Waals surface area contributed by atoms with Crippen LogP contribution in [-0.2, 0) is 9.62 Å². The minimum atomic E-state index is 0.208. The van der Waals surface area contributed by atoms with Gasteiger partial charge in [0.05, 0.1) is 6.61 Å². The lowest BCUT2D eigenvalue weighted by atomic mass is 10.7. The molecule has 0 heterocycles. The Balaban J connectivity index is 0. The molecule has 3 heteroatoms. The first kappa shape index (κ1) is 12.3. The summed E-state index contributed by atoms with van der Waals surface area (Å²) in [5, 5.41) is 7.50. The average molecular weight is 148 g/mol. The van der Waals surface area contributed by atoms with Crippen LogP contribution in [0.1, 0.15) is 13.8 Å². The fraction of sp³-hybridized carbons (Fsp3) is 0.714. The zero-order chi connectivity index (χ0) is 8.24. The molecule has 0 rings (SSSR count). The van der Waals surface area contributed by atoms with Crippen LogP contribution >= 0.6 is 0 Å². The van der Waals surface area contributed by atoms with Gasteiger partial charge in [-0.3, -0.25) is 5.26 Å². The van der Waals surface area contributed by atoms with Gasteiger partial charge >= 0.3 is 0 Å². The highest BCUT2D eigenvalue weighted by Crippen LogP contribution is 1.64. The second-order valence-corrected chi connectivity index (χ2v) is 1.37. The molecule has 0 spiro atoms. The highest BCUT2D eigenvalue weighted by Gasteiger charge is 1.64. The molecule has 0 aliphatic rings. The van der Waals surface area contributed by atoms with Gasteiger partial charge in [-0.2, -0.15) is 0 Å². The van der Waals surface area contributed by atoms with Crippen molar-refractivity contribution in [1.29, 1.82) is 0 Å². The minimum Gasteiger partial charge on any atom is -0.382 e. The van der Waals surface area contributed by atoms with Gasteiger partial charge in [-0.1, -0.05) is 6.08 Å². The largest absolute Gasteiger partial charge is 0.382 e. The summed E-state index contributed by atoms with van der Waals surface area (Å²) in [6.45, 7) is 9.14. The zero-order valence-corrected chi connectivity index (χ0v) is 6.67. The van der Waals surface area contributed by atoms with E-state index in [1.54, 1.807) is 0 Å². The molecular weight excluding hydrogens is 132 g/mol. The second kappa shape index (κ2) is 15.8. The standard InChI is InChI=1S/C4H10O.C3H6O2/c1-3-5-4-2;1-2-3-5-4/h3-4H2,1-2H3;2,4H,1,3H2. The van der Waals surface area contributed by atoms with E-state index in [1.807, 2.05) is 13.8 Å². The lowest BCUT2D eigenvalue weighted by Gasteiger charge is -1.86. The molecule has 0 atom stereocenters. The molecule has 1 N–H and O–H groups in total. The van der Waals surface area contributed by atoms with Gasteiger partial charge in [0.15, 0.2) is 0 Å². The second-order valence-electron chi connectivity index (χ2n) is 1.37. The molecular formula is C7H16O3. The predicted molar refractivity (Wildman–Crippen MR) is 40.9 cm³/mol. The van der Waals surface area contributed by atoms with Crippen LogP contribution in [0.15, 0.2) is 12.7 Å². The molecule has 0 aromatic rings. The van der Waals surface area contributed by atoms with E-state index in [2.05, 4.69) is 11.5 Å². The Hall–Kier alpha value is -0.380. The molecule has 0 aliphatic carbocycles. The maximum Gasteiger partial charge on any atom is 0.0998 e. The summed E-state index contributed by atoms with van der Waals surface area (Å²) in [7, 11) is 0. The molecule has 0 aromatic heterocycles. The van der Waals surface area contributed by atoms with E-state index in [9.17, 15) is 0 Å². The van der Waals surface area contributed by atoms with Gasteiger partial charge in [-0.05, 0) is 13.8 Å². The Kier molecular flexibility index (Phi) is 19.5. The molecule has 0 amide bonds. The maximum absolute atomic E-state index is 7.50. The van der Waals surface area contributed by atoms with Crippen molar-refractivity contribution in [3.8, 4) is 0 Å². The van der Waals surface area contributed by atoms with Gasteiger partial charge < -0.3 is 4.74 Å². The van der Waals surface area contributed by atoms with Gasteiger partial charge in [0.1, 0.15) is 0 Å². The van der Waals surface area contributed by atoms with E-state index in [0.717, 1.165) is 13.2 Å². The van der Waals surface area contributed by atoms with Crippen molar-refractivity contribution in [2.75, 3.05) is 19.8 Å². The summed E-state index contributed by atoms with van der Waals surface area (Å²) in [5.41, 5.74) is 0. The smallest absolute Gasteiger partial charge is 0.0998 e. The third-order valence-electron chi connectivity index (χ3n) is 0.601. The zero-order valence-electron chi connectivity index (χ0n) is 6.67. The molecule has 0 saturated carbocycles. The van der Waals surface area contributed by atoms with E-state index < -0.39 is 0 Å². The summed E-state index contributed by atoms with van der Waals surface area (Å²) in [4.78, 5) is 3.57. The molecule has 0 radical (unpaired) electrons. The van der Waals surface area contributed by atoms with Crippen LogP contribution in [0.4, 0.5) is 0 Å². The number of hydrogen-bond donors (Lipinski definition) is 1. The normalized spacial score (nSPS) is 7.90. The number of rotatable bonds is 4. The fourth-order valence-corrected chi connectivity index (χ4v) is 0.257. The highest BCUT2D eigenvalue weighted by molar-refractivity contribution is 4.61. The highest BCUT2D eigenvalue weighted by atomic mass is 17.1. The van der Waals surface area contributed by atoms with E-state index >= 15 is 0 Å². The molecule has 0 bridgehead atoms. The summed E-state index contributed by atoms with van der Waals surface area (Å²) in [6.07, 6.45) is 1.46. The first-order valence-electron chi connectivity index (χ1n) is 3.28. The lowest BCUT2D eigenvalue weighted by molar-refractivity contribution is -0.231. The fourth-order valence-electron chi connectivity index (χ4n) is 0.257. The maximum atomic E-state index is 7.50. The Morgan fingerprint density at radius 3 is 1.90 bits per heavy atom. The summed E-state index contributed by atoms with van der Waals surface area (Å²) in [5.74, 6) is 0. The summed E-state index contributed by atoms with van der Waals surface area (Å²) in [6, 6.07) is 0. The molecule has 3 nitrogen and oxygen atoms in total. The Morgan fingerprint density at radius 2 is 1.90 bits per heavy atom. The topological polar surface area (TPSA) is 38.7 Å². The van der Waals surface area contributed by atoms with Crippen LogP contribution in [0.2, 0.25) is 0 Å². The predicted octanol–water partition coefficient (Wildman–Crippen LogP) is 1.70. The van der Waals surface area contributed by atoms with Crippen molar-refractivity contribution in [2.24, 2.45) is 0 Å². The van der Waals surface area contributed by atoms with Crippen LogP contribution in [0, 0.1) is 0 Å². The van der Waals surface area contributed by atoms with Crippen molar-refractivity contribution < 1.29 is 14.9 Å². The van der Waals surface area contributed by atoms with Gasteiger partial charge in [-0.25, -0.2) is 4.89 Å². The molecule has 0 aliphatic heterocycles. The Labute approximate surface area is 62.2 Å². The van der Waals surface area contributed by atoms with E-state index in [-0.39, 0.29) is 6.61 Å². The quantitative estimate of drug-likeness (QED) is 0.374. The number of ether oxygens (including phenoxy) is 1. The van der Waals surface area contributed by atoms with E-state index in [4.69, 9.17) is 9.99 Å². The van der Waals surface area contributed by atoms with Crippen molar-refractivity contribution in [2.45, 2.75) is 13.8 Å². The van der Waals surface area contributed by atoms with E-state index in [1.165, 1.54) is 6.08 Å². The number of hydrogen-bond acceptors (Lipinski definition) is 3. The molecule has 0 fully saturated rings. The third-order valence-corrected chi connectivity index (χ3v) is 0.601. The van der Waals surface area contributed by atoms with Gasteiger partial charge in [0.2, 0.25) is 0 Å². The summed E-state index contributed by atoms with van der Waals surface area (Å²) >= 11 is 0. The molecule has 0 unspecified atom stereocenters. The van der Waals surface area contributed by atoms with Crippen LogP contribution in [0.5, 0.6) is 0 Å². The Bertz CT molecular complexity index is 52.8. The average Bonchev–Trinajstić information content (AvgIpc) is 1.93.